The van der Waals surface area contributed by atoms with Gasteiger partial charge in [-0.1, -0.05) is 19.1 Å². The summed E-state index contributed by atoms with van der Waals surface area (Å²) in [6.45, 7) is 4.79. The lowest BCUT2D eigenvalue weighted by Gasteiger charge is -2.23. The maximum atomic E-state index is 13.2. The van der Waals surface area contributed by atoms with Gasteiger partial charge >= 0.3 is 0 Å². The number of aryl methyl sites for hydroxylation is 1. The third-order valence-corrected chi connectivity index (χ3v) is 6.39. The molecule has 0 spiro atoms. The van der Waals surface area contributed by atoms with Gasteiger partial charge in [0.15, 0.2) is 0 Å². The topological polar surface area (TPSA) is 79.4 Å². The Morgan fingerprint density at radius 1 is 1.40 bits per heavy atom. The zero-order valence-corrected chi connectivity index (χ0v) is 15.3. The van der Waals surface area contributed by atoms with Gasteiger partial charge in [0.1, 0.15) is 10.9 Å². The number of para-hydroxylation sites is 1. The molecule has 0 bridgehead atoms. The molecule has 1 fully saturated rings. The molecule has 2 aromatic rings. The first kappa shape index (κ1) is 17.8. The number of pyridine rings is 1. The number of carbonyl (C=O) groups excluding carboxylic acids is 1. The van der Waals surface area contributed by atoms with Crippen molar-refractivity contribution in [3.8, 4) is 0 Å². The van der Waals surface area contributed by atoms with Crippen molar-refractivity contribution in [3.05, 3.63) is 36.0 Å². The zero-order valence-electron chi connectivity index (χ0n) is 14.5. The number of nitrogens with zero attached hydrogens (tertiary/aromatic N) is 2. The summed E-state index contributed by atoms with van der Waals surface area (Å²) in [6.07, 6.45) is 3.71. The molecule has 2 heterocycles. The van der Waals surface area contributed by atoms with Crippen molar-refractivity contribution in [2.75, 3.05) is 13.1 Å². The van der Waals surface area contributed by atoms with Crippen LogP contribution >= 0.6 is 0 Å². The first-order valence-corrected chi connectivity index (χ1v) is 10.0. The van der Waals surface area contributed by atoms with Crippen LogP contribution in [0.15, 0.2) is 35.4 Å². The lowest BCUT2D eigenvalue weighted by molar-refractivity contribution is -0.124. The molecule has 1 aromatic carbocycles. The summed E-state index contributed by atoms with van der Waals surface area (Å²) in [5, 5.41) is 3.60. The van der Waals surface area contributed by atoms with Gasteiger partial charge < -0.3 is 5.32 Å². The van der Waals surface area contributed by atoms with E-state index < -0.39 is 16.1 Å². The van der Waals surface area contributed by atoms with Crippen molar-refractivity contribution in [2.45, 2.75) is 44.0 Å². The standard InChI is InChI=1S/C18H23N3O3S/c1-3-9-19-18(22)15-7-5-10-21(15)25(23,24)16-8-4-6-14-11-13(2)12-20-17(14)16/h4,6,8,11-12,15H,3,5,7,9-10H2,1-2H3,(H,19,22). The number of benzene rings is 1. The molecule has 1 atom stereocenters. The van der Waals surface area contributed by atoms with Crippen LogP contribution in [0.25, 0.3) is 10.9 Å². The molecule has 1 aromatic heterocycles. The predicted molar refractivity (Wildman–Crippen MR) is 96.7 cm³/mol. The van der Waals surface area contributed by atoms with E-state index in [1.54, 1.807) is 18.3 Å². The highest BCUT2D eigenvalue weighted by molar-refractivity contribution is 7.89. The number of nitrogens with one attached hydrogen (secondary N) is 1. The van der Waals surface area contributed by atoms with Gasteiger partial charge in [0.2, 0.25) is 15.9 Å². The summed E-state index contributed by atoms with van der Waals surface area (Å²) in [7, 11) is -3.79. The average Bonchev–Trinajstić information content (AvgIpc) is 3.09. The molecule has 1 unspecified atom stereocenters. The largest absolute Gasteiger partial charge is 0.355 e. The summed E-state index contributed by atoms with van der Waals surface area (Å²) in [5.74, 6) is -0.216. The minimum atomic E-state index is -3.79. The Morgan fingerprint density at radius 2 is 2.20 bits per heavy atom. The minimum Gasteiger partial charge on any atom is -0.355 e. The fraction of sp³-hybridized carbons (Fsp3) is 0.444. The van der Waals surface area contributed by atoms with Crippen LogP contribution < -0.4 is 5.32 Å². The molecule has 0 radical (unpaired) electrons. The molecule has 6 nitrogen and oxygen atoms in total. The van der Waals surface area contributed by atoms with Gasteiger partial charge in [0.05, 0.1) is 5.52 Å². The van der Waals surface area contributed by atoms with Gasteiger partial charge in [-0.15, -0.1) is 0 Å². The highest BCUT2D eigenvalue weighted by atomic mass is 32.2. The van der Waals surface area contributed by atoms with Crippen molar-refractivity contribution in [1.29, 1.82) is 0 Å². The number of sulfonamides is 1. The first-order valence-electron chi connectivity index (χ1n) is 8.60. The van der Waals surface area contributed by atoms with Crippen LogP contribution in [0.1, 0.15) is 31.7 Å². The molecule has 1 saturated heterocycles. The van der Waals surface area contributed by atoms with Crippen LogP contribution in [0.5, 0.6) is 0 Å². The van der Waals surface area contributed by atoms with Crippen molar-refractivity contribution in [1.82, 2.24) is 14.6 Å². The third-order valence-electron chi connectivity index (χ3n) is 4.45. The van der Waals surface area contributed by atoms with E-state index in [0.717, 1.165) is 17.4 Å². The number of aromatic nitrogens is 1. The van der Waals surface area contributed by atoms with E-state index in [1.165, 1.54) is 4.31 Å². The summed E-state index contributed by atoms with van der Waals surface area (Å²) < 4.78 is 27.8. The molecule has 134 valence electrons. The Labute approximate surface area is 148 Å². The summed E-state index contributed by atoms with van der Waals surface area (Å²) in [6, 6.07) is 6.41. The minimum absolute atomic E-state index is 0.167. The number of fused-ring (bicyclic) bond motifs is 1. The molecule has 25 heavy (non-hydrogen) atoms. The monoisotopic (exact) mass is 361 g/mol. The van der Waals surface area contributed by atoms with Crippen molar-refractivity contribution >= 4 is 26.8 Å². The molecule has 1 aliphatic rings. The van der Waals surface area contributed by atoms with Crippen LogP contribution in [-0.4, -0.2) is 42.7 Å². The van der Waals surface area contributed by atoms with E-state index >= 15 is 0 Å². The maximum Gasteiger partial charge on any atom is 0.245 e. The smallest absolute Gasteiger partial charge is 0.245 e. The molecule has 1 amide bonds. The van der Waals surface area contributed by atoms with Gasteiger partial charge in [-0.2, -0.15) is 4.31 Å². The van der Waals surface area contributed by atoms with E-state index in [4.69, 9.17) is 0 Å². The SMILES string of the molecule is CCCNC(=O)C1CCCN1S(=O)(=O)c1cccc2cc(C)cnc12. The van der Waals surface area contributed by atoms with E-state index in [9.17, 15) is 13.2 Å². The highest BCUT2D eigenvalue weighted by Gasteiger charge is 2.40. The van der Waals surface area contributed by atoms with Gasteiger partial charge in [0.25, 0.3) is 0 Å². The van der Waals surface area contributed by atoms with Gasteiger partial charge in [-0.05, 0) is 43.9 Å². The molecular weight excluding hydrogens is 338 g/mol. The average molecular weight is 361 g/mol. The van der Waals surface area contributed by atoms with Gasteiger partial charge in [-0.25, -0.2) is 8.42 Å². The summed E-state index contributed by atoms with van der Waals surface area (Å²) in [4.78, 5) is 16.9. The fourth-order valence-electron chi connectivity index (χ4n) is 3.23. The van der Waals surface area contributed by atoms with Gasteiger partial charge in [-0.3, -0.25) is 9.78 Å². The molecule has 1 N–H and O–H groups in total. The molecule has 0 aliphatic carbocycles. The normalized spacial score (nSPS) is 18.6. The quantitative estimate of drug-likeness (QED) is 0.886. The highest BCUT2D eigenvalue weighted by Crippen LogP contribution is 2.30. The molecule has 3 rings (SSSR count). The van der Waals surface area contributed by atoms with E-state index in [0.29, 0.717) is 31.4 Å². The zero-order chi connectivity index (χ0) is 18.0. The van der Waals surface area contributed by atoms with Crippen LogP contribution in [0.3, 0.4) is 0 Å². The van der Waals surface area contributed by atoms with Crippen molar-refractivity contribution in [2.24, 2.45) is 0 Å². The summed E-state index contributed by atoms with van der Waals surface area (Å²) >= 11 is 0. The van der Waals surface area contributed by atoms with Crippen LogP contribution in [0.2, 0.25) is 0 Å². The molecule has 7 heteroatoms. The molecule has 0 saturated carbocycles. The number of hydrogen-bond acceptors (Lipinski definition) is 4. The predicted octanol–water partition coefficient (Wildman–Crippen LogP) is 2.22. The van der Waals surface area contributed by atoms with Crippen LogP contribution in [0, 0.1) is 6.92 Å². The second kappa shape index (κ2) is 7.09. The Balaban J connectivity index is 2.00. The second-order valence-corrected chi connectivity index (χ2v) is 8.26. The Morgan fingerprint density at radius 3 is 2.96 bits per heavy atom. The maximum absolute atomic E-state index is 13.2. The lowest BCUT2D eigenvalue weighted by Crippen LogP contribution is -2.46. The van der Waals surface area contributed by atoms with Crippen LogP contribution in [-0.2, 0) is 14.8 Å². The Hall–Kier alpha value is -1.99. The molecule has 1 aliphatic heterocycles. The number of hydrogen-bond donors (Lipinski definition) is 1. The van der Waals surface area contributed by atoms with E-state index in [2.05, 4.69) is 10.3 Å². The number of rotatable bonds is 5. The van der Waals surface area contributed by atoms with Crippen LogP contribution in [0.4, 0.5) is 0 Å². The lowest BCUT2D eigenvalue weighted by atomic mass is 10.2. The van der Waals surface area contributed by atoms with E-state index in [-0.39, 0.29) is 10.8 Å². The fourth-order valence-corrected chi connectivity index (χ4v) is 5.06. The number of amides is 1. The Bertz CT molecular complexity index is 896. The summed E-state index contributed by atoms with van der Waals surface area (Å²) in [5.41, 5.74) is 1.42. The van der Waals surface area contributed by atoms with E-state index in [1.807, 2.05) is 26.0 Å². The van der Waals surface area contributed by atoms with Crippen molar-refractivity contribution in [3.63, 3.8) is 0 Å². The van der Waals surface area contributed by atoms with Crippen molar-refractivity contribution < 1.29 is 13.2 Å². The molecular formula is C18H23N3O3S. The Kier molecular flexibility index (Phi) is 5.06. The third kappa shape index (κ3) is 3.39. The second-order valence-electron chi connectivity index (χ2n) is 6.41. The van der Waals surface area contributed by atoms with Gasteiger partial charge in [0, 0.05) is 24.7 Å². The number of carbonyl (C=O) groups is 1. The first-order chi connectivity index (χ1) is 11.9.